The molecule has 1 aromatic heterocycles. The highest BCUT2D eigenvalue weighted by atomic mass is 16.5. The van der Waals surface area contributed by atoms with Crippen LogP contribution in [0.3, 0.4) is 0 Å². The molecule has 0 unspecified atom stereocenters. The molecular weight excluding hydrogens is 264 g/mol. The van der Waals surface area contributed by atoms with Gasteiger partial charge in [0.1, 0.15) is 17.5 Å². The van der Waals surface area contributed by atoms with Crippen LogP contribution in [0.5, 0.6) is 0 Å². The van der Waals surface area contributed by atoms with Crippen molar-refractivity contribution >= 4 is 11.6 Å². The van der Waals surface area contributed by atoms with E-state index in [1.165, 1.54) is 12.8 Å². The lowest BCUT2D eigenvalue weighted by Gasteiger charge is -2.21. The van der Waals surface area contributed by atoms with Crippen molar-refractivity contribution in [1.29, 1.82) is 0 Å². The fourth-order valence-electron chi connectivity index (χ4n) is 2.32. The molecule has 0 atom stereocenters. The predicted molar refractivity (Wildman–Crippen MR) is 86.5 cm³/mol. The average Bonchev–Trinajstić information content (AvgIpc) is 3.17. The molecule has 0 radical (unpaired) electrons. The zero-order valence-electron chi connectivity index (χ0n) is 13.9. The van der Waals surface area contributed by atoms with E-state index in [-0.39, 0.29) is 5.41 Å². The molecule has 0 aliphatic heterocycles. The Hall–Kier alpha value is -1.36. The lowest BCUT2D eigenvalue weighted by molar-refractivity contribution is 0.175. The fourth-order valence-corrected chi connectivity index (χ4v) is 2.32. The topological polar surface area (TPSA) is 73.1 Å². The molecule has 0 bridgehead atoms. The van der Waals surface area contributed by atoms with Crippen LogP contribution in [-0.4, -0.2) is 30.2 Å². The van der Waals surface area contributed by atoms with Gasteiger partial charge in [0.2, 0.25) is 0 Å². The number of nitrogens with zero attached hydrogens (tertiary/aromatic N) is 2. The number of hydrogen-bond donors (Lipinski definition) is 2. The van der Waals surface area contributed by atoms with Gasteiger partial charge in [0.15, 0.2) is 0 Å². The van der Waals surface area contributed by atoms with Gasteiger partial charge in [-0.15, -0.1) is 0 Å². The molecule has 1 heterocycles. The third-order valence-corrected chi connectivity index (χ3v) is 4.28. The van der Waals surface area contributed by atoms with Crippen molar-refractivity contribution in [2.45, 2.75) is 52.4 Å². The first kappa shape index (κ1) is 16.0. The Morgan fingerprint density at radius 3 is 2.48 bits per heavy atom. The normalized spacial score (nSPS) is 16.8. The second kappa shape index (κ2) is 5.79. The van der Waals surface area contributed by atoms with Gasteiger partial charge < -0.3 is 15.8 Å². The smallest absolute Gasteiger partial charge is 0.138 e. The lowest BCUT2D eigenvalue weighted by atomic mass is 9.95. The van der Waals surface area contributed by atoms with Crippen LogP contribution in [0.25, 0.3) is 0 Å². The maximum Gasteiger partial charge on any atom is 0.138 e. The number of nitrogen functional groups attached to an aromatic ring is 1. The summed E-state index contributed by atoms with van der Waals surface area (Å²) >= 11 is 0. The van der Waals surface area contributed by atoms with Crippen molar-refractivity contribution in [3.8, 4) is 0 Å². The molecule has 5 heteroatoms. The van der Waals surface area contributed by atoms with Gasteiger partial charge in [0.25, 0.3) is 0 Å². The summed E-state index contributed by atoms with van der Waals surface area (Å²) in [6.07, 6.45) is 3.62. The summed E-state index contributed by atoms with van der Waals surface area (Å²) in [7, 11) is 1.76. The standard InChI is InChI=1S/C16H28N4O/c1-11-12(17)19-14(15(2,3)4)20-13(11)18-10-16(6-7-16)8-9-21-5/h6-10H2,1-5H3,(H3,17,18,19,20). The van der Waals surface area contributed by atoms with Crippen LogP contribution in [0, 0.1) is 12.3 Å². The lowest BCUT2D eigenvalue weighted by Crippen LogP contribution is -2.22. The Bertz CT molecular complexity index is 504. The quantitative estimate of drug-likeness (QED) is 0.843. The third-order valence-electron chi connectivity index (χ3n) is 4.28. The van der Waals surface area contributed by atoms with E-state index in [2.05, 4.69) is 36.1 Å². The molecule has 1 fully saturated rings. The van der Waals surface area contributed by atoms with Crippen molar-refractivity contribution < 1.29 is 4.74 Å². The first-order valence-electron chi connectivity index (χ1n) is 7.65. The van der Waals surface area contributed by atoms with Crippen molar-refractivity contribution in [3.63, 3.8) is 0 Å². The van der Waals surface area contributed by atoms with Crippen LogP contribution in [0.4, 0.5) is 11.6 Å². The second-order valence-electron chi connectivity index (χ2n) is 7.25. The van der Waals surface area contributed by atoms with E-state index in [0.717, 1.165) is 36.8 Å². The minimum atomic E-state index is -0.106. The van der Waals surface area contributed by atoms with E-state index >= 15 is 0 Å². The maximum atomic E-state index is 6.04. The molecular formula is C16H28N4O. The Morgan fingerprint density at radius 2 is 1.95 bits per heavy atom. The zero-order valence-corrected chi connectivity index (χ0v) is 13.9. The van der Waals surface area contributed by atoms with Crippen molar-refractivity contribution in [2.24, 2.45) is 5.41 Å². The molecule has 2 rings (SSSR count). The van der Waals surface area contributed by atoms with Crippen molar-refractivity contribution in [3.05, 3.63) is 11.4 Å². The SMILES string of the molecule is COCCC1(CNc2nc(C(C)(C)C)nc(N)c2C)CC1. The number of rotatable bonds is 6. The first-order chi connectivity index (χ1) is 9.77. The number of aromatic nitrogens is 2. The van der Waals surface area contributed by atoms with Gasteiger partial charge in [0.05, 0.1) is 0 Å². The summed E-state index contributed by atoms with van der Waals surface area (Å²) < 4.78 is 5.20. The minimum absolute atomic E-state index is 0.106. The third kappa shape index (κ3) is 3.84. The molecule has 5 nitrogen and oxygen atoms in total. The molecule has 1 aliphatic rings. The second-order valence-corrected chi connectivity index (χ2v) is 7.25. The van der Waals surface area contributed by atoms with Crippen molar-refractivity contribution in [1.82, 2.24) is 9.97 Å². The number of methoxy groups -OCH3 is 1. The van der Waals surface area contributed by atoms with Crippen LogP contribution in [0.1, 0.15) is 51.4 Å². The molecule has 0 saturated heterocycles. The van der Waals surface area contributed by atoms with E-state index < -0.39 is 0 Å². The number of hydrogen-bond acceptors (Lipinski definition) is 5. The highest BCUT2D eigenvalue weighted by molar-refractivity contribution is 5.55. The van der Waals surface area contributed by atoms with Gasteiger partial charge >= 0.3 is 0 Å². The summed E-state index contributed by atoms with van der Waals surface area (Å²) in [5, 5.41) is 3.49. The Morgan fingerprint density at radius 1 is 1.29 bits per heavy atom. The Balaban J connectivity index is 2.11. The van der Waals surface area contributed by atoms with Gasteiger partial charge in [-0.05, 0) is 31.6 Å². The van der Waals surface area contributed by atoms with Crippen LogP contribution >= 0.6 is 0 Å². The highest BCUT2D eigenvalue weighted by Crippen LogP contribution is 2.48. The van der Waals surface area contributed by atoms with Gasteiger partial charge in [-0.2, -0.15) is 0 Å². The van der Waals surface area contributed by atoms with Gasteiger partial charge in [0, 0.05) is 31.2 Å². The molecule has 1 aromatic rings. The molecule has 1 aliphatic carbocycles. The van der Waals surface area contributed by atoms with Crippen LogP contribution < -0.4 is 11.1 Å². The van der Waals surface area contributed by atoms with Crippen LogP contribution in [0.2, 0.25) is 0 Å². The van der Waals surface area contributed by atoms with E-state index in [1.54, 1.807) is 7.11 Å². The number of nitrogens with one attached hydrogen (secondary N) is 1. The van der Waals surface area contributed by atoms with E-state index in [9.17, 15) is 0 Å². The van der Waals surface area contributed by atoms with Crippen molar-refractivity contribution in [2.75, 3.05) is 31.3 Å². The molecule has 3 N–H and O–H groups in total. The molecule has 0 amide bonds. The highest BCUT2D eigenvalue weighted by Gasteiger charge is 2.41. The van der Waals surface area contributed by atoms with Crippen LogP contribution in [-0.2, 0) is 10.2 Å². The number of anilines is 2. The Kier molecular flexibility index (Phi) is 4.42. The van der Waals surface area contributed by atoms with E-state index in [4.69, 9.17) is 10.5 Å². The van der Waals surface area contributed by atoms with Crippen LogP contribution in [0.15, 0.2) is 0 Å². The van der Waals surface area contributed by atoms with Gasteiger partial charge in [-0.1, -0.05) is 20.8 Å². The van der Waals surface area contributed by atoms with Gasteiger partial charge in [-0.25, -0.2) is 9.97 Å². The predicted octanol–water partition coefficient (Wildman–Crippen LogP) is 2.89. The first-order valence-corrected chi connectivity index (χ1v) is 7.65. The molecule has 0 aromatic carbocycles. The zero-order chi connectivity index (χ0) is 15.7. The van der Waals surface area contributed by atoms with E-state index in [0.29, 0.717) is 11.2 Å². The van der Waals surface area contributed by atoms with Gasteiger partial charge in [-0.3, -0.25) is 0 Å². The largest absolute Gasteiger partial charge is 0.385 e. The molecule has 0 spiro atoms. The van der Waals surface area contributed by atoms with E-state index in [1.807, 2.05) is 6.92 Å². The minimum Gasteiger partial charge on any atom is -0.385 e. The number of nitrogens with two attached hydrogens (primary N) is 1. The maximum absolute atomic E-state index is 6.04. The Labute approximate surface area is 127 Å². The monoisotopic (exact) mass is 292 g/mol. The molecule has 1 saturated carbocycles. The average molecular weight is 292 g/mol. The summed E-state index contributed by atoms with van der Waals surface area (Å²) in [5.41, 5.74) is 7.25. The summed E-state index contributed by atoms with van der Waals surface area (Å²) in [5.74, 6) is 2.23. The molecule has 21 heavy (non-hydrogen) atoms. The summed E-state index contributed by atoms with van der Waals surface area (Å²) in [6, 6.07) is 0. The molecule has 118 valence electrons. The number of ether oxygens (including phenoxy) is 1. The summed E-state index contributed by atoms with van der Waals surface area (Å²) in [4.78, 5) is 9.10. The fraction of sp³-hybridized carbons (Fsp3) is 0.750. The summed E-state index contributed by atoms with van der Waals surface area (Å²) in [6.45, 7) is 10.0.